The molecule has 0 amide bonds. The van der Waals surface area contributed by atoms with Gasteiger partial charge in [0.25, 0.3) is 0 Å². The summed E-state index contributed by atoms with van der Waals surface area (Å²) < 4.78 is 0. The second kappa shape index (κ2) is 12.5. The normalized spacial score (nSPS) is 18.3. The number of carboxylic acids is 2. The van der Waals surface area contributed by atoms with Gasteiger partial charge in [0.05, 0.1) is 0 Å². The molecule has 0 rings (SSSR count). The fourth-order valence-electron chi connectivity index (χ4n) is 3.19. The molecule has 0 aromatic heterocycles. The van der Waals surface area contributed by atoms with E-state index in [1.807, 2.05) is 0 Å². The highest BCUT2D eigenvalue weighted by Crippen LogP contribution is 2.30. The molecule has 0 aromatic rings. The lowest BCUT2D eigenvalue weighted by atomic mass is 9.82. The van der Waals surface area contributed by atoms with Gasteiger partial charge in [-0.3, -0.25) is 9.59 Å². The summed E-state index contributed by atoms with van der Waals surface area (Å²) in [4.78, 5) is 23.5. The van der Waals surface area contributed by atoms with Gasteiger partial charge in [-0.25, -0.2) is 0 Å². The summed E-state index contributed by atoms with van der Waals surface area (Å²) in [5, 5.41) is 18.7. The Morgan fingerprint density at radius 3 is 1.89 bits per heavy atom. The number of carbonyl (C=O) groups is 2. The van der Waals surface area contributed by atoms with E-state index in [1.54, 1.807) is 6.26 Å². The molecule has 2 unspecified atom stereocenters. The van der Waals surface area contributed by atoms with Gasteiger partial charge >= 0.3 is 11.9 Å². The minimum Gasteiger partial charge on any atom is -0.480 e. The highest BCUT2D eigenvalue weighted by molar-refractivity contribution is 7.99. The van der Waals surface area contributed by atoms with E-state index in [0.717, 1.165) is 0 Å². The standard InChI is InChI=1S/C17H37N5O4S/c1-27-13(17(22,15(25)26)7-3-5-9-19)10-12(20)11-16(21,14(23)24)6-2-4-8-18/h12-13H,2-11,18-22H2,1H3,(H,23,24)(H,25,26)/t12?,13?,16-,17-/m0/s1. The van der Waals surface area contributed by atoms with Crippen LogP contribution in [0, 0.1) is 0 Å². The number of thioether (sulfide) groups is 1. The third-order valence-electron chi connectivity index (χ3n) is 4.95. The summed E-state index contributed by atoms with van der Waals surface area (Å²) in [5.41, 5.74) is 26.5. The SMILES string of the molecule is CSC(CC(N)C[C@@](N)(CCCCN)C(=O)O)[C@@](N)(CCCCN)C(=O)O. The van der Waals surface area contributed by atoms with Crippen LogP contribution in [0.25, 0.3) is 0 Å². The molecule has 0 saturated heterocycles. The van der Waals surface area contributed by atoms with Gasteiger partial charge < -0.3 is 38.9 Å². The summed E-state index contributed by atoms with van der Waals surface area (Å²) in [6.45, 7) is 0.934. The van der Waals surface area contributed by atoms with Crippen LogP contribution in [-0.2, 0) is 9.59 Å². The van der Waals surface area contributed by atoms with Crippen LogP contribution in [0.1, 0.15) is 51.4 Å². The molecule has 4 atom stereocenters. The minimum absolute atomic E-state index is 0.0441. The van der Waals surface area contributed by atoms with Gasteiger partial charge in [-0.1, -0.05) is 0 Å². The zero-order valence-electron chi connectivity index (χ0n) is 16.2. The van der Waals surface area contributed by atoms with E-state index >= 15 is 0 Å². The Morgan fingerprint density at radius 2 is 1.48 bits per heavy atom. The van der Waals surface area contributed by atoms with Gasteiger partial charge in [-0.15, -0.1) is 0 Å². The fraction of sp³-hybridized carbons (Fsp3) is 0.882. The largest absolute Gasteiger partial charge is 0.480 e. The first kappa shape index (κ1) is 26.1. The molecule has 0 saturated carbocycles. The second-order valence-corrected chi connectivity index (χ2v) is 8.26. The molecule has 0 fully saturated rings. The Kier molecular flexibility index (Phi) is 12.1. The summed E-state index contributed by atoms with van der Waals surface area (Å²) in [7, 11) is 0. The van der Waals surface area contributed by atoms with Crippen molar-refractivity contribution in [3.05, 3.63) is 0 Å². The van der Waals surface area contributed by atoms with Crippen molar-refractivity contribution in [1.29, 1.82) is 0 Å². The van der Waals surface area contributed by atoms with E-state index in [4.69, 9.17) is 28.7 Å². The maximum Gasteiger partial charge on any atom is 0.324 e. The molecule has 0 heterocycles. The maximum absolute atomic E-state index is 11.8. The minimum atomic E-state index is -1.46. The van der Waals surface area contributed by atoms with E-state index in [1.165, 1.54) is 11.8 Å². The van der Waals surface area contributed by atoms with Crippen LogP contribution in [0.5, 0.6) is 0 Å². The quantitative estimate of drug-likeness (QED) is 0.165. The molecule has 0 bridgehead atoms. The highest BCUT2D eigenvalue weighted by atomic mass is 32.2. The van der Waals surface area contributed by atoms with Crippen LogP contribution in [-0.4, -0.2) is 63.9 Å². The average Bonchev–Trinajstić information content (AvgIpc) is 2.59. The van der Waals surface area contributed by atoms with Gasteiger partial charge in [0.2, 0.25) is 0 Å². The first-order valence-corrected chi connectivity index (χ1v) is 10.6. The molecule has 0 aliphatic carbocycles. The van der Waals surface area contributed by atoms with Crippen LogP contribution >= 0.6 is 11.8 Å². The molecule has 10 heteroatoms. The van der Waals surface area contributed by atoms with E-state index in [9.17, 15) is 19.8 Å². The summed E-state index contributed by atoms with van der Waals surface area (Å²) in [6, 6.07) is -0.585. The Labute approximate surface area is 165 Å². The number of carboxylic acid groups (broad SMARTS) is 2. The highest BCUT2D eigenvalue weighted by Gasteiger charge is 2.43. The molecule has 160 valence electrons. The molecule has 0 radical (unpaired) electrons. The van der Waals surface area contributed by atoms with Crippen molar-refractivity contribution < 1.29 is 19.8 Å². The van der Waals surface area contributed by atoms with E-state index in [-0.39, 0.29) is 25.7 Å². The van der Waals surface area contributed by atoms with Crippen LogP contribution in [0.2, 0.25) is 0 Å². The summed E-state index contributed by atoms with van der Waals surface area (Å²) >= 11 is 1.33. The van der Waals surface area contributed by atoms with E-state index in [2.05, 4.69) is 0 Å². The number of rotatable bonds is 16. The number of aliphatic carboxylic acids is 2. The summed E-state index contributed by atoms with van der Waals surface area (Å²) in [5.74, 6) is -2.21. The topological polar surface area (TPSA) is 205 Å². The third kappa shape index (κ3) is 8.32. The number of unbranched alkanes of at least 4 members (excludes halogenated alkanes) is 2. The van der Waals surface area contributed by atoms with Gasteiger partial charge in [0, 0.05) is 11.3 Å². The Hall–Kier alpha value is -0.910. The van der Waals surface area contributed by atoms with Gasteiger partial charge in [-0.2, -0.15) is 11.8 Å². The molecular formula is C17H37N5O4S. The monoisotopic (exact) mass is 407 g/mol. The van der Waals surface area contributed by atoms with Crippen molar-refractivity contribution in [2.45, 2.75) is 73.7 Å². The van der Waals surface area contributed by atoms with Gasteiger partial charge in [0.1, 0.15) is 11.1 Å². The maximum atomic E-state index is 11.8. The lowest BCUT2D eigenvalue weighted by Crippen LogP contribution is -2.58. The fourth-order valence-corrected chi connectivity index (χ4v) is 4.27. The molecule has 0 aliphatic rings. The molecule has 0 aliphatic heterocycles. The zero-order valence-corrected chi connectivity index (χ0v) is 17.0. The molecule has 9 nitrogen and oxygen atoms in total. The van der Waals surface area contributed by atoms with Crippen molar-refractivity contribution in [2.75, 3.05) is 19.3 Å². The molecular weight excluding hydrogens is 370 g/mol. The van der Waals surface area contributed by atoms with Gasteiger partial charge in [0.15, 0.2) is 0 Å². The van der Waals surface area contributed by atoms with Gasteiger partial charge in [-0.05, 0) is 70.7 Å². The van der Waals surface area contributed by atoms with Crippen LogP contribution in [0.3, 0.4) is 0 Å². The molecule has 0 aromatic carbocycles. The third-order valence-corrected chi connectivity index (χ3v) is 6.13. The molecule has 12 N–H and O–H groups in total. The average molecular weight is 408 g/mol. The van der Waals surface area contributed by atoms with Crippen molar-refractivity contribution in [3.8, 4) is 0 Å². The second-order valence-electron chi connectivity index (χ2n) is 7.22. The number of hydrogen-bond donors (Lipinski definition) is 7. The molecule has 27 heavy (non-hydrogen) atoms. The predicted molar refractivity (Wildman–Crippen MR) is 109 cm³/mol. The summed E-state index contributed by atoms with van der Waals surface area (Å²) in [6.07, 6.45) is 5.18. The lowest BCUT2D eigenvalue weighted by Gasteiger charge is -2.36. The smallest absolute Gasteiger partial charge is 0.324 e. The van der Waals surface area contributed by atoms with Crippen molar-refractivity contribution >= 4 is 23.7 Å². The first-order chi connectivity index (χ1) is 12.6. The number of hydrogen-bond acceptors (Lipinski definition) is 8. The van der Waals surface area contributed by atoms with Crippen molar-refractivity contribution in [2.24, 2.45) is 28.7 Å². The van der Waals surface area contributed by atoms with E-state index in [0.29, 0.717) is 38.8 Å². The number of nitrogens with two attached hydrogens (primary N) is 5. The zero-order chi connectivity index (χ0) is 21.1. The van der Waals surface area contributed by atoms with Crippen molar-refractivity contribution in [1.82, 2.24) is 0 Å². The molecule has 0 spiro atoms. The van der Waals surface area contributed by atoms with Crippen molar-refractivity contribution in [3.63, 3.8) is 0 Å². The van der Waals surface area contributed by atoms with Crippen LogP contribution in [0.4, 0.5) is 0 Å². The Morgan fingerprint density at radius 1 is 0.963 bits per heavy atom. The van der Waals surface area contributed by atoms with E-state index < -0.39 is 34.3 Å². The Bertz CT molecular complexity index is 471. The Balaban J connectivity index is 5.12. The predicted octanol–water partition coefficient (Wildman–Crippen LogP) is -0.352. The van der Waals surface area contributed by atoms with Crippen LogP contribution < -0.4 is 28.7 Å². The first-order valence-electron chi connectivity index (χ1n) is 9.30. The lowest BCUT2D eigenvalue weighted by molar-refractivity contribution is -0.145. The van der Waals surface area contributed by atoms with Crippen LogP contribution in [0.15, 0.2) is 0 Å².